The Kier molecular flexibility index (Phi) is 5.75. The molecule has 0 aliphatic carbocycles. The van der Waals surface area contributed by atoms with Gasteiger partial charge in [0.1, 0.15) is 5.82 Å². The van der Waals surface area contributed by atoms with E-state index in [4.69, 9.17) is 11.6 Å². The highest BCUT2D eigenvalue weighted by atomic mass is 35.5. The molecule has 5 heteroatoms. The molecule has 0 bridgehead atoms. The van der Waals surface area contributed by atoms with Crippen LogP contribution in [-0.2, 0) is 6.42 Å². The lowest BCUT2D eigenvalue weighted by atomic mass is 9.89. The zero-order valence-corrected chi connectivity index (χ0v) is 17.6. The monoisotopic (exact) mass is 412 g/mol. The summed E-state index contributed by atoms with van der Waals surface area (Å²) in [4.78, 5) is 18.5. The summed E-state index contributed by atoms with van der Waals surface area (Å²) >= 11 is 5.90. The number of ketones is 1. The van der Waals surface area contributed by atoms with E-state index in [0.29, 0.717) is 28.2 Å². The van der Waals surface area contributed by atoms with Crippen molar-refractivity contribution in [1.82, 2.24) is 9.88 Å². The van der Waals surface area contributed by atoms with Gasteiger partial charge in [0.25, 0.3) is 0 Å². The van der Waals surface area contributed by atoms with Crippen LogP contribution in [0.15, 0.2) is 42.5 Å². The Labute approximate surface area is 175 Å². The average Bonchev–Trinajstić information content (AvgIpc) is 3.11. The third-order valence-corrected chi connectivity index (χ3v) is 6.10. The Balaban J connectivity index is 1.54. The largest absolute Gasteiger partial charge is 0.352 e. The van der Waals surface area contributed by atoms with Gasteiger partial charge in [0.05, 0.1) is 5.69 Å². The molecule has 0 saturated carbocycles. The molecule has 1 aliphatic heterocycles. The summed E-state index contributed by atoms with van der Waals surface area (Å²) in [6, 6.07) is 13.1. The summed E-state index contributed by atoms with van der Waals surface area (Å²) in [7, 11) is 0. The number of carbonyl (C=O) groups excluding carboxylic acids is 1. The lowest BCUT2D eigenvalue weighted by Gasteiger charge is -2.35. The normalized spacial score (nSPS) is 17.9. The molecule has 1 N–H and O–H groups in total. The first-order chi connectivity index (χ1) is 13.9. The number of H-pyrrole nitrogens is 1. The van der Waals surface area contributed by atoms with E-state index in [1.165, 1.54) is 37.1 Å². The molecule has 2 aromatic carbocycles. The Morgan fingerprint density at radius 2 is 2.07 bits per heavy atom. The van der Waals surface area contributed by atoms with Crippen LogP contribution in [0.25, 0.3) is 10.9 Å². The van der Waals surface area contributed by atoms with Gasteiger partial charge in [0.2, 0.25) is 0 Å². The molecule has 152 valence electrons. The van der Waals surface area contributed by atoms with Gasteiger partial charge in [-0.05, 0) is 86.7 Å². The van der Waals surface area contributed by atoms with Crippen LogP contribution in [0.4, 0.5) is 4.39 Å². The number of rotatable bonds is 5. The summed E-state index contributed by atoms with van der Waals surface area (Å²) in [5, 5.41) is 1.35. The van der Waals surface area contributed by atoms with Gasteiger partial charge in [-0.15, -0.1) is 0 Å². The smallest absolute Gasteiger partial charge is 0.183 e. The van der Waals surface area contributed by atoms with Crippen LogP contribution in [0.3, 0.4) is 0 Å². The standard InChI is InChI=1S/C24H26ClFN2O/c1-15(2)28-7-3-4-18(14-28)17-5-6-22-19(11-17)12-23(27-22)24(29)10-16-8-20(25)13-21(26)9-16/h5-6,8-9,11-13,15,18,27H,3-4,7,10,14H2,1-2H3. The molecule has 0 spiro atoms. The molecule has 1 fully saturated rings. The van der Waals surface area contributed by atoms with Gasteiger partial charge in [-0.2, -0.15) is 0 Å². The summed E-state index contributed by atoms with van der Waals surface area (Å²) in [5.41, 5.74) is 3.41. The minimum Gasteiger partial charge on any atom is -0.352 e. The van der Waals surface area contributed by atoms with Crippen LogP contribution >= 0.6 is 11.6 Å². The van der Waals surface area contributed by atoms with Gasteiger partial charge < -0.3 is 9.88 Å². The number of halogens is 2. The highest BCUT2D eigenvalue weighted by Gasteiger charge is 2.23. The highest BCUT2D eigenvalue weighted by molar-refractivity contribution is 6.30. The predicted octanol–water partition coefficient (Wildman–Crippen LogP) is 5.97. The van der Waals surface area contributed by atoms with Gasteiger partial charge in [-0.1, -0.05) is 17.7 Å². The SMILES string of the molecule is CC(C)N1CCCC(c2ccc3[nH]c(C(=O)Cc4cc(F)cc(Cl)c4)cc3c2)C1. The van der Waals surface area contributed by atoms with E-state index in [0.717, 1.165) is 17.4 Å². The number of benzene rings is 2. The van der Waals surface area contributed by atoms with E-state index < -0.39 is 5.82 Å². The number of carbonyl (C=O) groups is 1. The van der Waals surface area contributed by atoms with E-state index in [-0.39, 0.29) is 12.2 Å². The van der Waals surface area contributed by atoms with Crippen LogP contribution in [0.5, 0.6) is 0 Å². The third-order valence-electron chi connectivity index (χ3n) is 5.89. The van der Waals surface area contributed by atoms with Crippen molar-refractivity contribution >= 4 is 28.3 Å². The van der Waals surface area contributed by atoms with E-state index in [1.54, 1.807) is 6.07 Å². The quantitative estimate of drug-likeness (QED) is 0.524. The molecule has 1 aliphatic rings. The minimum atomic E-state index is -0.426. The predicted molar refractivity (Wildman–Crippen MR) is 116 cm³/mol. The van der Waals surface area contributed by atoms with Gasteiger partial charge in [0.15, 0.2) is 5.78 Å². The van der Waals surface area contributed by atoms with Crippen molar-refractivity contribution in [2.24, 2.45) is 0 Å². The maximum Gasteiger partial charge on any atom is 0.183 e. The number of fused-ring (bicyclic) bond motifs is 1. The maximum absolute atomic E-state index is 13.5. The Morgan fingerprint density at radius 3 is 2.83 bits per heavy atom. The van der Waals surface area contributed by atoms with Crippen molar-refractivity contribution in [2.45, 2.75) is 45.1 Å². The fourth-order valence-corrected chi connectivity index (χ4v) is 4.54. The molecule has 0 amide bonds. The summed E-state index contributed by atoms with van der Waals surface area (Å²) < 4.78 is 13.5. The van der Waals surface area contributed by atoms with Crippen LogP contribution in [0.2, 0.25) is 5.02 Å². The third kappa shape index (κ3) is 4.54. The second-order valence-corrected chi connectivity index (χ2v) is 8.77. The zero-order chi connectivity index (χ0) is 20.5. The number of hydrogen-bond acceptors (Lipinski definition) is 2. The van der Waals surface area contributed by atoms with E-state index in [1.807, 2.05) is 6.07 Å². The van der Waals surface area contributed by atoms with Crippen molar-refractivity contribution in [1.29, 1.82) is 0 Å². The van der Waals surface area contributed by atoms with Gasteiger partial charge in [-0.25, -0.2) is 4.39 Å². The molecule has 3 nitrogen and oxygen atoms in total. The molecule has 3 aromatic rings. The van der Waals surface area contributed by atoms with E-state index in [9.17, 15) is 9.18 Å². The van der Waals surface area contributed by atoms with Crippen molar-refractivity contribution in [3.8, 4) is 0 Å². The molecule has 1 saturated heterocycles. The zero-order valence-electron chi connectivity index (χ0n) is 16.8. The second-order valence-electron chi connectivity index (χ2n) is 8.34. The fourth-order valence-electron chi connectivity index (χ4n) is 4.30. The Bertz CT molecular complexity index is 1020. The van der Waals surface area contributed by atoms with Gasteiger partial charge in [-0.3, -0.25) is 4.79 Å². The first kappa shape index (κ1) is 20.1. The summed E-state index contributed by atoms with van der Waals surface area (Å²) in [6.45, 7) is 6.76. The van der Waals surface area contributed by atoms with Crippen LogP contribution in [0, 0.1) is 5.82 Å². The van der Waals surface area contributed by atoms with Crippen molar-refractivity contribution < 1.29 is 9.18 Å². The Morgan fingerprint density at radius 1 is 1.24 bits per heavy atom. The van der Waals surface area contributed by atoms with Crippen molar-refractivity contribution in [2.75, 3.05) is 13.1 Å². The molecular formula is C24H26ClFN2O. The maximum atomic E-state index is 13.5. The number of hydrogen-bond donors (Lipinski definition) is 1. The molecule has 1 unspecified atom stereocenters. The number of likely N-dealkylation sites (tertiary alicyclic amines) is 1. The molecule has 1 aromatic heterocycles. The van der Waals surface area contributed by atoms with Crippen LogP contribution in [0.1, 0.15) is 54.2 Å². The Hall–Kier alpha value is -2.17. The first-order valence-corrected chi connectivity index (χ1v) is 10.6. The number of aromatic amines is 1. The highest BCUT2D eigenvalue weighted by Crippen LogP contribution is 2.30. The number of piperidine rings is 1. The molecule has 1 atom stereocenters. The van der Waals surface area contributed by atoms with Gasteiger partial charge in [0, 0.05) is 34.9 Å². The molecule has 29 heavy (non-hydrogen) atoms. The minimum absolute atomic E-state index is 0.0759. The average molecular weight is 413 g/mol. The van der Waals surface area contributed by atoms with Crippen molar-refractivity contribution in [3.05, 3.63) is 70.1 Å². The lowest BCUT2D eigenvalue weighted by Crippen LogP contribution is -2.39. The van der Waals surface area contributed by atoms with Crippen LogP contribution < -0.4 is 0 Å². The van der Waals surface area contributed by atoms with Crippen molar-refractivity contribution in [3.63, 3.8) is 0 Å². The molecule has 2 heterocycles. The topological polar surface area (TPSA) is 36.1 Å². The summed E-state index contributed by atoms with van der Waals surface area (Å²) in [6.07, 6.45) is 2.53. The van der Waals surface area contributed by atoms with Gasteiger partial charge >= 0.3 is 0 Å². The second kappa shape index (κ2) is 8.29. The molecule has 4 rings (SSSR count). The molecular weight excluding hydrogens is 387 g/mol. The number of Topliss-reactive ketones (excluding diaryl/α,β-unsaturated/α-hetero) is 1. The number of nitrogens with zero attached hydrogens (tertiary/aromatic N) is 1. The van der Waals surface area contributed by atoms with E-state index >= 15 is 0 Å². The fraction of sp³-hybridized carbons (Fsp3) is 0.375. The lowest BCUT2D eigenvalue weighted by molar-refractivity contribution is 0.0989. The van der Waals surface area contributed by atoms with Crippen LogP contribution in [-0.4, -0.2) is 34.8 Å². The number of nitrogens with one attached hydrogen (secondary N) is 1. The molecule has 0 radical (unpaired) electrons. The summed E-state index contributed by atoms with van der Waals surface area (Å²) in [5.74, 6) is 0.0246. The first-order valence-electron chi connectivity index (χ1n) is 10.2. The van der Waals surface area contributed by atoms with E-state index in [2.05, 4.69) is 41.9 Å². The number of aromatic nitrogens is 1.